The molecule has 0 radical (unpaired) electrons. The van der Waals surface area contributed by atoms with E-state index in [1.54, 1.807) is 30.7 Å². The van der Waals surface area contributed by atoms with Crippen LogP contribution in [0.25, 0.3) is 0 Å². The lowest BCUT2D eigenvalue weighted by atomic mass is 9.96. The van der Waals surface area contributed by atoms with Crippen LogP contribution < -0.4 is 10.2 Å². The lowest BCUT2D eigenvalue weighted by Gasteiger charge is -2.31. The van der Waals surface area contributed by atoms with Gasteiger partial charge in [-0.15, -0.1) is 0 Å². The molecule has 6 heteroatoms. The van der Waals surface area contributed by atoms with Crippen LogP contribution in [0.1, 0.15) is 18.4 Å². The normalized spacial score (nSPS) is 15.3. The number of rotatable bonds is 5. The van der Waals surface area contributed by atoms with Gasteiger partial charge in [-0.2, -0.15) is 0 Å². The fourth-order valence-corrected chi connectivity index (χ4v) is 2.99. The van der Waals surface area contributed by atoms with Gasteiger partial charge in [-0.05, 0) is 30.9 Å². The standard InChI is InChI=1S/C18H21FN4O/c19-16-4-2-1-3-14(16)5-8-22-18(24)15-6-11-23(12-7-15)17-13-20-9-10-21-17/h1-4,9-10,13,15H,5-8,11-12H2,(H,22,24). The number of carbonyl (C=O) groups excluding carboxylic acids is 1. The van der Waals surface area contributed by atoms with E-state index in [2.05, 4.69) is 20.2 Å². The summed E-state index contributed by atoms with van der Waals surface area (Å²) in [6.07, 6.45) is 7.17. The Labute approximate surface area is 140 Å². The van der Waals surface area contributed by atoms with E-state index >= 15 is 0 Å². The highest BCUT2D eigenvalue weighted by molar-refractivity contribution is 5.78. The van der Waals surface area contributed by atoms with E-state index in [0.29, 0.717) is 18.5 Å². The maximum Gasteiger partial charge on any atom is 0.223 e. The van der Waals surface area contributed by atoms with Crippen molar-refractivity contribution in [2.75, 3.05) is 24.5 Å². The van der Waals surface area contributed by atoms with E-state index < -0.39 is 0 Å². The van der Waals surface area contributed by atoms with Gasteiger partial charge in [0.25, 0.3) is 0 Å². The number of hydrogen-bond acceptors (Lipinski definition) is 4. The second kappa shape index (κ2) is 7.86. The Morgan fingerprint density at radius 3 is 2.75 bits per heavy atom. The highest BCUT2D eigenvalue weighted by atomic mass is 19.1. The molecule has 3 rings (SSSR count). The number of benzene rings is 1. The molecule has 0 bridgehead atoms. The number of carbonyl (C=O) groups is 1. The molecule has 24 heavy (non-hydrogen) atoms. The zero-order chi connectivity index (χ0) is 16.8. The molecular formula is C18H21FN4O. The molecule has 2 aromatic rings. The molecule has 1 fully saturated rings. The average molecular weight is 328 g/mol. The Kier molecular flexibility index (Phi) is 5.36. The van der Waals surface area contributed by atoms with Crippen molar-refractivity contribution in [3.8, 4) is 0 Å². The van der Waals surface area contributed by atoms with Crippen LogP contribution in [-0.2, 0) is 11.2 Å². The Balaban J connectivity index is 1.43. The summed E-state index contributed by atoms with van der Waals surface area (Å²) in [5, 5.41) is 2.93. The van der Waals surface area contributed by atoms with Crippen molar-refractivity contribution in [1.82, 2.24) is 15.3 Å². The van der Waals surface area contributed by atoms with E-state index in [1.807, 2.05) is 6.07 Å². The third-order valence-electron chi connectivity index (χ3n) is 4.39. The first-order valence-electron chi connectivity index (χ1n) is 8.26. The number of halogens is 1. The molecule has 1 saturated heterocycles. The average Bonchev–Trinajstić information content (AvgIpc) is 2.64. The first kappa shape index (κ1) is 16.4. The van der Waals surface area contributed by atoms with Gasteiger partial charge >= 0.3 is 0 Å². The summed E-state index contributed by atoms with van der Waals surface area (Å²) in [6, 6.07) is 6.67. The Morgan fingerprint density at radius 2 is 2.04 bits per heavy atom. The fourth-order valence-electron chi connectivity index (χ4n) is 2.99. The van der Waals surface area contributed by atoms with Crippen molar-refractivity contribution in [2.45, 2.75) is 19.3 Å². The molecule has 1 N–H and O–H groups in total. The molecule has 0 spiro atoms. The Morgan fingerprint density at radius 1 is 1.25 bits per heavy atom. The number of nitrogens with one attached hydrogen (secondary N) is 1. The highest BCUT2D eigenvalue weighted by Crippen LogP contribution is 2.21. The SMILES string of the molecule is O=C(NCCc1ccccc1F)C1CCN(c2cnccn2)CC1. The number of aromatic nitrogens is 2. The van der Waals surface area contributed by atoms with Gasteiger partial charge in [0.2, 0.25) is 5.91 Å². The van der Waals surface area contributed by atoms with Gasteiger partial charge in [-0.25, -0.2) is 9.37 Å². The molecule has 1 aliphatic rings. The molecule has 0 atom stereocenters. The zero-order valence-electron chi connectivity index (χ0n) is 13.5. The summed E-state index contributed by atoms with van der Waals surface area (Å²) in [4.78, 5) is 22.8. The van der Waals surface area contributed by atoms with Crippen molar-refractivity contribution in [3.63, 3.8) is 0 Å². The van der Waals surface area contributed by atoms with Crippen LogP contribution in [0.5, 0.6) is 0 Å². The van der Waals surface area contributed by atoms with E-state index in [1.165, 1.54) is 6.07 Å². The summed E-state index contributed by atoms with van der Waals surface area (Å²) in [5.74, 6) is 0.712. The number of nitrogens with zero attached hydrogens (tertiary/aromatic N) is 3. The molecule has 0 aliphatic carbocycles. The Bertz CT molecular complexity index is 672. The van der Waals surface area contributed by atoms with Crippen molar-refractivity contribution < 1.29 is 9.18 Å². The summed E-state index contributed by atoms with van der Waals surface area (Å²) >= 11 is 0. The van der Waals surface area contributed by atoms with Crippen molar-refractivity contribution in [3.05, 3.63) is 54.2 Å². The third-order valence-corrected chi connectivity index (χ3v) is 4.39. The smallest absolute Gasteiger partial charge is 0.223 e. The molecule has 0 unspecified atom stereocenters. The van der Waals surface area contributed by atoms with Crippen LogP contribution >= 0.6 is 0 Å². The minimum absolute atomic E-state index is 0.0125. The predicted octanol–water partition coefficient (Wildman–Crippen LogP) is 2.19. The Hall–Kier alpha value is -2.50. The van der Waals surface area contributed by atoms with Crippen molar-refractivity contribution in [2.24, 2.45) is 5.92 Å². The summed E-state index contributed by atoms with van der Waals surface area (Å²) in [6.45, 7) is 2.05. The monoisotopic (exact) mass is 328 g/mol. The molecule has 1 aromatic carbocycles. The van der Waals surface area contributed by atoms with Crippen LogP contribution in [0.3, 0.4) is 0 Å². The molecule has 126 valence electrons. The van der Waals surface area contributed by atoms with E-state index in [-0.39, 0.29) is 17.6 Å². The van der Waals surface area contributed by atoms with Gasteiger partial charge in [-0.3, -0.25) is 9.78 Å². The molecular weight excluding hydrogens is 307 g/mol. The number of amides is 1. The van der Waals surface area contributed by atoms with E-state index in [4.69, 9.17) is 0 Å². The third kappa shape index (κ3) is 4.07. The molecule has 2 heterocycles. The second-order valence-corrected chi connectivity index (χ2v) is 5.96. The summed E-state index contributed by atoms with van der Waals surface area (Å²) in [7, 11) is 0. The van der Waals surface area contributed by atoms with Crippen molar-refractivity contribution in [1.29, 1.82) is 0 Å². The second-order valence-electron chi connectivity index (χ2n) is 5.96. The van der Waals surface area contributed by atoms with Crippen LogP contribution in [0.15, 0.2) is 42.9 Å². The first-order chi connectivity index (χ1) is 11.7. The van der Waals surface area contributed by atoms with Crippen LogP contribution in [0.4, 0.5) is 10.2 Å². The highest BCUT2D eigenvalue weighted by Gasteiger charge is 2.25. The van der Waals surface area contributed by atoms with Gasteiger partial charge < -0.3 is 10.2 Å². The van der Waals surface area contributed by atoms with Crippen LogP contribution in [-0.4, -0.2) is 35.5 Å². The molecule has 5 nitrogen and oxygen atoms in total. The topological polar surface area (TPSA) is 58.1 Å². The maximum atomic E-state index is 13.5. The fraction of sp³-hybridized carbons (Fsp3) is 0.389. The predicted molar refractivity (Wildman–Crippen MR) is 90.1 cm³/mol. The molecule has 1 amide bonds. The minimum Gasteiger partial charge on any atom is -0.356 e. The lowest BCUT2D eigenvalue weighted by Crippen LogP contribution is -2.41. The van der Waals surface area contributed by atoms with Gasteiger partial charge in [0, 0.05) is 37.9 Å². The number of piperidine rings is 1. The zero-order valence-corrected chi connectivity index (χ0v) is 13.5. The molecule has 1 aliphatic heterocycles. The minimum atomic E-state index is -0.218. The maximum absolute atomic E-state index is 13.5. The van der Waals surface area contributed by atoms with Crippen LogP contribution in [0.2, 0.25) is 0 Å². The van der Waals surface area contributed by atoms with Gasteiger partial charge in [0.1, 0.15) is 11.6 Å². The van der Waals surface area contributed by atoms with Crippen molar-refractivity contribution >= 4 is 11.7 Å². The van der Waals surface area contributed by atoms with Crippen LogP contribution in [0, 0.1) is 11.7 Å². The summed E-state index contributed by atoms with van der Waals surface area (Å²) < 4.78 is 13.5. The number of anilines is 1. The number of hydrogen-bond donors (Lipinski definition) is 1. The molecule has 0 saturated carbocycles. The largest absolute Gasteiger partial charge is 0.356 e. The first-order valence-corrected chi connectivity index (χ1v) is 8.26. The molecule has 1 aromatic heterocycles. The van der Waals surface area contributed by atoms with Gasteiger partial charge in [0.05, 0.1) is 6.20 Å². The van der Waals surface area contributed by atoms with Gasteiger partial charge in [-0.1, -0.05) is 18.2 Å². The quantitative estimate of drug-likeness (QED) is 0.914. The van der Waals surface area contributed by atoms with E-state index in [9.17, 15) is 9.18 Å². The summed E-state index contributed by atoms with van der Waals surface area (Å²) in [5.41, 5.74) is 0.635. The lowest BCUT2D eigenvalue weighted by molar-refractivity contribution is -0.125. The van der Waals surface area contributed by atoms with Gasteiger partial charge in [0.15, 0.2) is 0 Å². The van der Waals surface area contributed by atoms with E-state index in [0.717, 1.165) is 31.7 Å².